The van der Waals surface area contributed by atoms with Crippen LogP contribution in [0.25, 0.3) is 0 Å². The molecule has 0 aliphatic heterocycles. The van der Waals surface area contributed by atoms with Gasteiger partial charge in [-0.25, -0.2) is 0 Å². The van der Waals surface area contributed by atoms with Crippen LogP contribution in [0, 0.1) is 11.8 Å². The smallest absolute Gasteiger partial charge is 0.254 e. The summed E-state index contributed by atoms with van der Waals surface area (Å²) >= 11 is 0. The van der Waals surface area contributed by atoms with Gasteiger partial charge in [0.2, 0.25) is 5.91 Å². The number of hydrogen-bond donors (Lipinski definition) is 1. The van der Waals surface area contributed by atoms with Crippen molar-refractivity contribution in [1.82, 2.24) is 4.90 Å². The van der Waals surface area contributed by atoms with Gasteiger partial charge in [0.25, 0.3) is 5.91 Å². The minimum Gasteiger partial charge on any atom is -0.334 e. The van der Waals surface area contributed by atoms with Crippen molar-refractivity contribution in [2.75, 3.05) is 11.9 Å². The molecule has 2 amide bonds. The summed E-state index contributed by atoms with van der Waals surface area (Å²) in [6.07, 6.45) is 5.67. The molecule has 2 aliphatic carbocycles. The van der Waals surface area contributed by atoms with E-state index in [4.69, 9.17) is 0 Å². The van der Waals surface area contributed by atoms with Crippen molar-refractivity contribution in [3.05, 3.63) is 65.7 Å². The van der Waals surface area contributed by atoms with E-state index in [1.54, 1.807) is 0 Å². The third-order valence-electron chi connectivity index (χ3n) is 5.55. The largest absolute Gasteiger partial charge is 0.334 e. The maximum Gasteiger partial charge on any atom is 0.254 e. The molecule has 0 saturated heterocycles. The maximum absolute atomic E-state index is 13.1. The second-order valence-corrected chi connectivity index (χ2v) is 7.81. The van der Waals surface area contributed by atoms with Crippen LogP contribution in [0.5, 0.6) is 0 Å². The van der Waals surface area contributed by atoms with Gasteiger partial charge in [0.15, 0.2) is 0 Å². The first-order valence-corrected chi connectivity index (χ1v) is 9.93. The molecule has 4 heteroatoms. The second-order valence-electron chi connectivity index (χ2n) is 7.81. The number of amides is 2. The molecule has 140 valence electrons. The molecule has 0 heterocycles. The lowest BCUT2D eigenvalue weighted by molar-refractivity contribution is -0.117. The van der Waals surface area contributed by atoms with E-state index >= 15 is 0 Å². The Hall–Kier alpha value is -2.62. The van der Waals surface area contributed by atoms with Crippen molar-refractivity contribution >= 4 is 17.5 Å². The molecule has 0 unspecified atom stereocenters. The zero-order valence-corrected chi connectivity index (χ0v) is 15.6. The first-order valence-electron chi connectivity index (χ1n) is 9.93. The highest BCUT2D eigenvalue weighted by atomic mass is 16.2. The standard InChI is InChI=1S/C23H26N2O2/c26-22(19-9-10-19)24-21-13-11-20(12-14-21)23(27)25(16-18-7-4-8-18)15-17-5-2-1-3-6-17/h1-3,5-6,11-14,18-19H,4,7-10,15-16H2,(H,24,26). The van der Waals surface area contributed by atoms with E-state index in [-0.39, 0.29) is 17.7 Å². The SMILES string of the molecule is O=C(Nc1ccc(C(=O)N(Cc2ccccc2)CC2CCC2)cc1)C1CC1. The molecule has 1 N–H and O–H groups in total. The van der Waals surface area contributed by atoms with Gasteiger partial charge in [0.1, 0.15) is 0 Å². The van der Waals surface area contributed by atoms with E-state index in [2.05, 4.69) is 17.4 Å². The highest BCUT2D eigenvalue weighted by Crippen LogP contribution is 2.30. The Balaban J connectivity index is 1.45. The quantitative estimate of drug-likeness (QED) is 0.789. The number of carbonyl (C=O) groups is 2. The van der Waals surface area contributed by atoms with Crippen LogP contribution in [0.15, 0.2) is 54.6 Å². The minimum absolute atomic E-state index is 0.0609. The molecule has 4 nitrogen and oxygen atoms in total. The number of hydrogen-bond acceptors (Lipinski definition) is 2. The Morgan fingerprint density at radius 3 is 2.22 bits per heavy atom. The molecule has 4 rings (SSSR count). The van der Waals surface area contributed by atoms with E-state index in [0.717, 1.165) is 30.6 Å². The summed E-state index contributed by atoms with van der Waals surface area (Å²) in [6.45, 7) is 1.45. The normalized spacial score (nSPS) is 16.4. The van der Waals surface area contributed by atoms with Gasteiger partial charge >= 0.3 is 0 Å². The van der Waals surface area contributed by atoms with Crippen LogP contribution >= 0.6 is 0 Å². The number of nitrogens with zero attached hydrogens (tertiary/aromatic N) is 1. The maximum atomic E-state index is 13.1. The van der Waals surface area contributed by atoms with Crippen LogP contribution in [-0.4, -0.2) is 23.3 Å². The van der Waals surface area contributed by atoms with Gasteiger partial charge in [0.05, 0.1) is 0 Å². The number of carbonyl (C=O) groups excluding carboxylic acids is 2. The van der Waals surface area contributed by atoms with E-state index < -0.39 is 0 Å². The van der Waals surface area contributed by atoms with Crippen LogP contribution in [-0.2, 0) is 11.3 Å². The highest BCUT2D eigenvalue weighted by Gasteiger charge is 2.29. The number of nitrogens with one attached hydrogen (secondary N) is 1. The van der Waals surface area contributed by atoms with E-state index in [1.165, 1.54) is 19.3 Å². The predicted octanol–water partition coefficient (Wildman–Crippen LogP) is 4.48. The molecule has 2 aromatic rings. The lowest BCUT2D eigenvalue weighted by atomic mass is 9.85. The fourth-order valence-corrected chi connectivity index (χ4v) is 3.48. The van der Waals surface area contributed by atoms with E-state index in [9.17, 15) is 9.59 Å². The van der Waals surface area contributed by atoms with E-state index in [1.807, 2.05) is 47.4 Å². The zero-order chi connectivity index (χ0) is 18.6. The highest BCUT2D eigenvalue weighted by molar-refractivity contribution is 5.96. The number of anilines is 1. The average molecular weight is 362 g/mol. The Morgan fingerprint density at radius 2 is 1.63 bits per heavy atom. The summed E-state index contributed by atoms with van der Waals surface area (Å²) in [7, 11) is 0. The van der Waals surface area contributed by atoms with Crippen molar-refractivity contribution in [3.63, 3.8) is 0 Å². The van der Waals surface area contributed by atoms with Crippen molar-refractivity contribution in [2.45, 2.75) is 38.6 Å². The van der Waals surface area contributed by atoms with Gasteiger partial charge in [-0.2, -0.15) is 0 Å². The summed E-state index contributed by atoms with van der Waals surface area (Å²) < 4.78 is 0. The van der Waals surface area contributed by atoms with E-state index in [0.29, 0.717) is 18.0 Å². The topological polar surface area (TPSA) is 49.4 Å². The fourth-order valence-electron chi connectivity index (χ4n) is 3.48. The monoisotopic (exact) mass is 362 g/mol. The second kappa shape index (κ2) is 7.95. The van der Waals surface area contributed by atoms with Crippen LogP contribution in [0.4, 0.5) is 5.69 Å². The molecule has 0 bridgehead atoms. The lowest BCUT2D eigenvalue weighted by Gasteiger charge is -2.32. The molecule has 2 aromatic carbocycles. The van der Waals surface area contributed by atoms with Gasteiger partial charge in [-0.15, -0.1) is 0 Å². The fraction of sp³-hybridized carbons (Fsp3) is 0.391. The Labute approximate surface area is 160 Å². The number of benzene rings is 2. The minimum atomic E-state index is 0.0609. The molecule has 2 fully saturated rings. The third-order valence-corrected chi connectivity index (χ3v) is 5.55. The number of rotatable bonds is 7. The lowest BCUT2D eigenvalue weighted by Crippen LogP contribution is -2.37. The molecule has 0 radical (unpaired) electrons. The van der Waals surface area contributed by atoms with Crippen molar-refractivity contribution in [2.24, 2.45) is 11.8 Å². The Morgan fingerprint density at radius 1 is 0.926 bits per heavy atom. The van der Waals surface area contributed by atoms with Crippen LogP contribution in [0.1, 0.15) is 48.0 Å². The Kier molecular flexibility index (Phi) is 5.23. The third kappa shape index (κ3) is 4.57. The van der Waals surface area contributed by atoms with Gasteiger partial charge in [-0.05, 0) is 61.4 Å². The van der Waals surface area contributed by atoms with Crippen molar-refractivity contribution < 1.29 is 9.59 Å². The summed E-state index contributed by atoms with van der Waals surface area (Å²) in [6, 6.07) is 17.5. The van der Waals surface area contributed by atoms with Gasteiger partial charge in [0, 0.05) is 30.3 Å². The average Bonchev–Trinajstić information content (AvgIpc) is 3.50. The summed E-state index contributed by atoms with van der Waals surface area (Å²) in [4.78, 5) is 27.0. The van der Waals surface area contributed by atoms with Crippen molar-refractivity contribution in [1.29, 1.82) is 0 Å². The van der Waals surface area contributed by atoms with Crippen LogP contribution in [0.2, 0.25) is 0 Å². The predicted molar refractivity (Wildman–Crippen MR) is 106 cm³/mol. The molecule has 2 saturated carbocycles. The molecule has 0 spiro atoms. The van der Waals surface area contributed by atoms with Gasteiger partial charge in [-0.3, -0.25) is 9.59 Å². The van der Waals surface area contributed by atoms with Gasteiger partial charge < -0.3 is 10.2 Å². The van der Waals surface area contributed by atoms with Crippen molar-refractivity contribution in [3.8, 4) is 0 Å². The molecule has 0 atom stereocenters. The summed E-state index contributed by atoms with van der Waals surface area (Å²) in [5, 5.41) is 2.93. The Bertz CT molecular complexity index is 793. The van der Waals surface area contributed by atoms with Gasteiger partial charge in [-0.1, -0.05) is 36.8 Å². The molecular formula is C23H26N2O2. The molecular weight excluding hydrogens is 336 g/mol. The first kappa shape index (κ1) is 17.8. The van der Waals surface area contributed by atoms with Crippen LogP contribution in [0.3, 0.4) is 0 Å². The van der Waals surface area contributed by atoms with Crippen LogP contribution < -0.4 is 5.32 Å². The molecule has 27 heavy (non-hydrogen) atoms. The zero-order valence-electron chi connectivity index (χ0n) is 15.6. The molecule has 2 aliphatic rings. The first-order chi connectivity index (χ1) is 13.2. The summed E-state index contributed by atoms with van der Waals surface area (Å²) in [5.74, 6) is 0.945. The summed E-state index contributed by atoms with van der Waals surface area (Å²) in [5.41, 5.74) is 2.59. The molecule has 0 aromatic heterocycles.